The number of piperidine rings is 1. The fourth-order valence-corrected chi connectivity index (χ4v) is 2.83. The van der Waals surface area contributed by atoms with Crippen molar-refractivity contribution in [1.82, 2.24) is 4.90 Å². The number of esters is 1. The predicted octanol–water partition coefficient (Wildman–Crippen LogP) is 3.80. The Kier molecular flexibility index (Phi) is 6.01. The molecule has 1 aromatic rings. The second-order valence-corrected chi connectivity index (χ2v) is 7.54. The fraction of sp³-hybridized carbons (Fsp3) is 0.556. The molecule has 144 valence electrons. The minimum atomic E-state index is -1.34. The highest BCUT2D eigenvalue weighted by atomic mass is 35.5. The van der Waals surface area contributed by atoms with Crippen LogP contribution in [0.2, 0.25) is 5.02 Å². The third-order valence-corrected chi connectivity index (χ3v) is 4.29. The highest BCUT2D eigenvalue weighted by molar-refractivity contribution is 6.32. The fourth-order valence-electron chi connectivity index (χ4n) is 2.68. The number of carbonyl (C=O) groups excluding carboxylic acids is 2. The lowest BCUT2D eigenvalue weighted by Crippen LogP contribution is -2.55. The topological polar surface area (TPSA) is 65.1 Å². The minimum absolute atomic E-state index is 0.0581. The van der Waals surface area contributed by atoms with Gasteiger partial charge in [-0.3, -0.25) is 0 Å². The van der Waals surface area contributed by atoms with Gasteiger partial charge in [0.05, 0.1) is 12.1 Å². The van der Waals surface area contributed by atoms with E-state index in [0.717, 1.165) is 6.07 Å². The lowest BCUT2D eigenvalue weighted by molar-refractivity contribution is -0.163. The van der Waals surface area contributed by atoms with E-state index in [-0.39, 0.29) is 36.7 Å². The van der Waals surface area contributed by atoms with Gasteiger partial charge in [-0.15, -0.1) is 0 Å². The molecule has 2 rings (SSSR count). The van der Waals surface area contributed by atoms with Gasteiger partial charge in [-0.25, -0.2) is 14.0 Å². The molecule has 1 aliphatic rings. The van der Waals surface area contributed by atoms with Gasteiger partial charge in [0.25, 0.3) is 0 Å². The average Bonchev–Trinajstić information content (AvgIpc) is 2.56. The maximum atomic E-state index is 13.5. The molecule has 6 nitrogen and oxygen atoms in total. The van der Waals surface area contributed by atoms with Gasteiger partial charge in [-0.05, 0) is 32.9 Å². The summed E-state index contributed by atoms with van der Waals surface area (Å²) in [7, 11) is 1.25. The summed E-state index contributed by atoms with van der Waals surface area (Å²) in [5, 5.41) is 0.184. The molecular weight excluding hydrogens is 365 g/mol. The van der Waals surface area contributed by atoms with Gasteiger partial charge in [0.2, 0.25) is 5.60 Å². The molecule has 0 unspecified atom stereocenters. The first-order valence-electron chi connectivity index (χ1n) is 8.27. The summed E-state index contributed by atoms with van der Waals surface area (Å²) >= 11 is 6.05. The van der Waals surface area contributed by atoms with Crippen molar-refractivity contribution in [2.45, 2.75) is 44.8 Å². The van der Waals surface area contributed by atoms with Crippen LogP contribution in [0.4, 0.5) is 9.18 Å². The van der Waals surface area contributed by atoms with Crippen LogP contribution in [-0.4, -0.2) is 48.4 Å². The Balaban J connectivity index is 2.16. The summed E-state index contributed by atoms with van der Waals surface area (Å²) in [6.45, 7) is 5.81. The van der Waals surface area contributed by atoms with Gasteiger partial charge < -0.3 is 19.1 Å². The molecule has 0 N–H and O–H groups in total. The van der Waals surface area contributed by atoms with Gasteiger partial charge in [0.15, 0.2) is 0 Å². The van der Waals surface area contributed by atoms with E-state index in [2.05, 4.69) is 0 Å². The number of hydrogen-bond acceptors (Lipinski definition) is 5. The van der Waals surface area contributed by atoms with Crippen LogP contribution in [0.1, 0.15) is 33.6 Å². The molecule has 1 aromatic carbocycles. The van der Waals surface area contributed by atoms with Crippen molar-refractivity contribution in [3.05, 3.63) is 29.0 Å². The van der Waals surface area contributed by atoms with Crippen molar-refractivity contribution < 1.29 is 28.2 Å². The number of rotatable bonds is 3. The third kappa shape index (κ3) is 4.78. The van der Waals surface area contributed by atoms with E-state index in [1.54, 1.807) is 20.8 Å². The Bertz CT molecular complexity index is 681. The Morgan fingerprint density at radius 1 is 1.23 bits per heavy atom. The van der Waals surface area contributed by atoms with E-state index in [1.165, 1.54) is 24.1 Å². The van der Waals surface area contributed by atoms with Crippen LogP contribution >= 0.6 is 11.6 Å². The molecule has 8 heteroatoms. The summed E-state index contributed by atoms with van der Waals surface area (Å²) in [6, 6.07) is 3.67. The highest BCUT2D eigenvalue weighted by Crippen LogP contribution is 2.34. The second kappa shape index (κ2) is 7.70. The third-order valence-electron chi connectivity index (χ3n) is 3.98. The number of halogens is 2. The minimum Gasteiger partial charge on any atom is -0.474 e. The van der Waals surface area contributed by atoms with E-state index >= 15 is 0 Å². The normalized spacial score (nSPS) is 16.8. The molecule has 0 radical (unpaired) electrons. The van der Waals surface area contributed by atoms with Crippen LogP contribution in [0, 0.1) is 5.82 Å². The first kappa shape index (κ1) is 20.3. The van der Waals surface area contributed by atoms with Crippen LogP contribution in [0.15, 0.2) is 18.2 Å². The molecule has 0 aromatic heterocycles. The quantitative estimate of drug-likeness (QED) is 0.738. The molecule has 1 fully saturated rings. The molecule has 1 heterocycles. The van der Waals surface area contributed by atoms with Crippen LogP contribution in [0.5, 0.6) is 5.75 Å². The van der Waals surface area contributed by atoms with Crippen molar-refractivity contribution in [3.8, 4) is 5.75 Å². The van der Waals surface area contributed by atoms with Crippen LogP contribution in [-0.2, 0) is 14.3 Å². The van der Waals surface area contributed by atoms with Gasteiger partial charge in [0.1, 0.15) is 17.2 Å². The molecule has 1 aliphatic heterocycles. The van der Waals surface area contributed by atoms with Gasteiger partial charge in [-0.1, -0.05) is 11.6 Å². The number of hydrogen-bond donors (Lipinski definition) is 0. The number of benzene rings is 1. The highest BCUT2D eigenvalue weighted by Gasteiger charge is 2.46. The zero-order valence-corrected chi connectivity index (χ0v) is 16.1. The number of nitrogens with zero attached hydrogens (tertiary/aromatic N) is 1. The summed E-state index contributed by atoms with van der Waals surface area (Å²) in [4.78, 5) is 26.1. The van der Waals surface area contributed by atoms with Crippen molar-refractivity contribution >= 4 is 23.7 Å². The smallest absolute Gasteiger partial charge is 0.410 e. The molecular formula is C18H23ClFNO5. The van der Waals surface area contributed by atoms with E-state index in [9.17, 15) is 14.0 Å². The molecule has 0 spiro atoms. The van der Waals surface area contributed by atoms with E-state index in [1.807, 2.05) is 0 Å². The van der Waals surface area contributed by atoms with Gasteiger partial charge in [-0.2, -0.15) is 0 Å². The first-order chi connectivity index (χ1) is 12.1. The zero-order valence-electron chi connectivity index (χ0n) is 15.3. The Morgan fingerprint density at radius 2 is 1.85 bits per heavy atom. The molecule has 1 amide bonds. The Morgan fingerprint density at radius 3 is 2.38 bits per heavy atom. The SMILES string of the molecule is COC(=O)C1(Oc2cc(F)ccc2Cl)CCN(C(=O)OC(C)(C)C)CC1. The van der Waals surface area contributed by atoms with Gasteiger partial charge >= 0.3 is 12.1 Å². The summed E-state index contributed by atoms with van der Waals surface area (Å²) in [6.07, 6.45) is -0.114. The standard InChI is InChI=1S/C18H23ClFNO5/c1-17(2,3)26-16(23)21-9-7-18(8-10-21,15(22)24-4)25-14-11-12(20)5-6-13(14)19/h5-6,11H,7-10H2,1-4H3. The van der Waals surface area contributed by atoms with Crippen molar-refractivity contribution in [3.63, 3.8) is 0 Å². The predicted molar refractivity (Wildman–Crippen MR) is 93.8 cm³/mol. The average molecular weight is 388 g/mol. The number of methoxy groups -OCH3 is 1. The first-order valence-corrected chi connectivity index (χ1v) is 8.64. The monoisotopic (exact) mass is 387 g/mol. The summed E-state index contributed by atoms with van der Waals surface area (Å²) in [5.74, 6) is -1.07. The van der Waals surface area contributed by atoms with E-state index < -0.39 is 29.1 Å². The largest absolute Gasteiger partial charge is 0.474 e. The lowest BCUT2D eigenvalue weighted by Gasteiger charge is -2.39. The molecule has 0 aliphatic carbocycles. The number of likely N-dealkylation sites (tertiary alicyclic amines) is 1. The van der Waals surface area contributed by atoms with Crippen molar-refractivity contribution in [1.29, 1.82) is 0 Å². The van der Waals surface area contributed by atoms with Gasteiger partial charge in [0, 0.05) is 32.0 Å². The van der Waals surface area contributed by atoms with Crippen molar-refractivity contribution in [2.75, 3.05) is 20.2 Å². The molecule has 0 saturated carbocycles. The number of amides is 1. The zero-order chi connectivity index (χ0) is 19.5. The van der Waals surface area contributed by atoms with Crippen molar-refractivity contribution in [2.24, 2.45) is 0 Å². The molecule has 0 atom stereocenters. The number of carbonyl (C=O) groups is 2. The Labute approximate surface area is 157 Å². The molecule has 1 saturated heterocycles. The molecule has 0 bridgehead atoms. The lowest BCUT2D eigenvalue weighted by atomic mass is 9.91. The van der Waals surface area contributed by atoms with E-state index in [0.29, 0.717) is 0 Å². The van der Waals surface area contributed by atoms with Crippen LogP contribution in [0.25, 0.3) is 0 Å². The molecule has 26 heavy (non-hydrogen) atoms. The summed E-state index contributed by atoms with van der Waals surface area (Å²) < 4.78 is 29.5. The van der Waals surface area contributed by atoms with Crippen LogP contribution < -0.4 is 4.74 Å². The second-order valence-electron chi connectivity index (χ2n) is 7.13. The van der Waals surface area contributed by atoms with E-state index in [4.69, 9.17) is 25.8 Å². The number of ether oxygens (including phenoxy) is 3. The van der Waals surface area contributed by atoms with Crippen LogP contribution in [0.3, 0.4) is 0 Å². The maximum absolute atomic E-state index is 13.5. The maximum Gasteiger partial charge on any atom is 0.410 e. The Hall–Kier alpha value is -2.02. The summed E-state index contributed by atoms with van der Waals surface area (Å²) in [5.41, 5.74) is -1.95.